The van der Waals surface area contributed by atoms with Crippen LogP contribution < -0.4 is 0 Å². The monoisotopic (exact) mass is 300 g/mol. The summed E-state index contributed by atoms with van der Waals surface area (Å²) in [6, 6.07) is 16.4. The number of aryl methyl sites for hydroxylation is 1. The van der Waals surface area contributed by atoms with Crippen LogP contribution in [0.1, 0.15) is 22.8 Å². The van der Waals surface area contributed by atoms with Crippen molar-refractivity contribution in [3.05, 3.63) is 82.1 Å². The van der Waals surface area contributed by atoms with Crippen LogP contribution in [0.15, 0.2) is 54.6 Å². The summed E-state index contributed by atoms with van der Waals surface area (Å²) in [5.74, 6) is -0.367. The van der Waals surface area contributed by atoms with Crippen molar-refractivity contribution < 1.29 is 9.50 Å². The van der Waals surface area contributed by atoms with Gasteiger partial charge in [-0.25, -0.2) is 4.39 Å². The van der Waals surface area contributed by atoms with E-state index >= 15 is 0 Å². The lowest BCUT2D eigenvalue weighted by atomic mass is 9.95. The van der Waals surface area contributed by atoms with Gasteiger partial charge in [-0.15, -0.1) is 0 Å². The lowest BCUT2D eigenvalue weighted by molar-refractivity contribution is 0.222. The first-order valence-corrected chi connectivity index (χ1v) is 7.07. The van der Waals surface area contributed by atoms with Crippen LogP contribution in [0.3, 0.4) is 0 Å². The van der Waals surface area contributed by atoms with E-state index in [4.69, 9.17) is 11.6 Å². The minimum atomic E-state index is -0.886. The molecule has 0 saturated heterocycles. The Morgan fingerprint density at radius 1 is 1.00 bits per heavy atom. The summed E-state index contributed by atoms with van der Waals surface area (Å²) in [4.78, 5) is 0. The van der Waals surface area contributed by atoms with Crippen LogP contribution in [-0.4, -0.2) is 5.11 Å². The van der Waals surface area contributed by atoms with E-state index in [2.05, 4.69) is 0 Å². The standard InChI is InChI=1S/C18H14ClFO/c1-11-9-15(16(19)10-17(11)20)18(21)14-8-4-6-12-5-2-3-7-13(12)14/h2-10,18,21H,1H3. The zero-order chi connectivity index (χ0) is 15.0. The number of halogens is 2. The number of hydrogen-bond acceptors (Lipinski definition) is 1. The van der Waals surface area contributed by atoms with Crippen molar-refractivity contribution in [2.45, 2.75) is 13.0 Å². The Labute approximate surface area is 127 Å². The van der Waals surface area contributed by atoms with E-state index in [1.165, 1.54) is 6.07 Å². The molecule has 3 rings (SSSR count). The van der Waals surface area contributed by atoms with Crippen molar-refractivity contribution in [3.63, 3.8) is 0 Å². The molecule has 0 spiro atoms. The van der Waals surface area contributed by atoms with Crippen LogP contribution in [0, 0.1) is 12.7 Å². The first-order chi connectivity index (χ1) is 10.1. The molecule has 3 aromatic carbocycles. The van der Waals surface area contributed by atoms with Crippen molar-refractivity contribution in [2.24, 2.45) is 0 Å². The summed E-state index contributed by atoms with van der Waals surface area (Å²) in [6.07, 6.45) is -0.886. The zero-order valence-corrected chi connectivity index (χ0v) is 12.2. The number of benzene rings is 3. The smallest absolute Gasteiger partial charge is 0.127 e. The molecule has 0 aliphatic rings. The van der Waals surface area contributed by atoms with Gasteiger partial charge >= 0.3 is 0 Å². The quantitative estimate of drug-likeness (QED) is 0.704. The summed E-state index contributed by atoms with van der Waals surface area (Å²) in [5.41, 5.74) is 1.75. The number of aliphatic hydroxyl groups excluding tert-OH is 1. The predicted molar refractivity (Wildman–Crippen MR) is 84.2 cm³/mol. The highest BCUT2D eigenvalue weighted by Crippen LogP contribution is 2.33. The van der Waals surface area contributed by atoms with Gasteiger partial charge in [0.1, 0.15) is 11.9 Å². The van der Waals surface area contributed by atoms with E-state index in [9.17, 15) is 9.50 Å². The summed E-state index contributed by atoms with van der Waals surface area (Å²) >= 11 is 6.10. The molecule has 3 heteroatoms. The van der Waals surface area contributed by atoms with Crippen LogP contribution in [0.5, 0.6) is 0 Å². The Bertz CT molecular complexity index is 808. The molecule has 1 nitrogen and oxygen atoms in total. The Hall–Kier alpha value is -1.90. The number of rotatable bonds is 2. The average Bonchev–Trinajstić information content (AvgIpc) is 2.49. The lowest BCUT2D eigenvalue weighted by Crippen LogP contribution is -2.03. The first-order valence-electron chi connectivity index (χ1n) is 6.69. The van der Waals surface area contributed by atoms with Crippen molar-refractivity contribution in [1.29, 1.82) is 0 Å². The molecule has 0 heterocycles. The van der Waals surface area contributed by atoms with Gasteiger partial charge in [0, 0.05) is 10.6 Å². The molecular formula is C18H14ClFO. The van der Waals surface area contributed by atoms with Crippen molar-refractivity contribution >= 4 is 22.4 Å². The van der Waals surface area contributed by atoms with Crippen LogP contribution in [0.4, 0.5) is 4.39 Å². The molecule has 0 saturated carbocycles. The van der Waals surface area contributed by atoms with E-state index in [0.29, 0.717) is 11.1 Å². The van der Waals surface area contributed by atoms with Gasteiger partial charge in [0.2, 0.25) is 0 Å². The fourth-order valence-corrected chi connectivity index (χ4v) is 2.80. The van der Waals surface area contributed by atoms with Crippen LogP contribution in [0.25, 0.3) is 10.8 Å². The average molecular weight is 301 g/mol. The van der Waals surface area contributed by atoms with E-state index in [1.807, 2.05) is 42.5 Å². The SMILES string of the molecule is Cc1cc(C(O)c2cccc3ccccc23)c(Cl)cc1F. The van der Waals surface area contributed by atoms with Crippen molar-refractivity contribution in [2.75, 3.05) is 0 Å². The Kier molecular flexibility index (Phi) is 3.66. The second kappa shape index (κ2) is 5.47. The molecule has 0 fully saturated rings. The number of aliphatic hydroxyl groups is 1. The molecule has 0 amide bonds. The van der Waals surface area contributed by atoms with Gasteiger partial charge < -0.3 is 5.11 Å². The highest BCUT2D eigenvalue weighted by atomic mass is 35.5. The maximum atomic E-state index is 13.5. The molecule has 3 aromatic rings. The fraction of sp³-hybridized carbons (Fsp3) is 0.111. The van der Waals surface area contributed by atoms with Gasteiger partial charge in [-0.3, -0.25) is 0 Å². The lowest BCUT2D eigenvalue weighted by Gasteiger charge is -2.16. The molecule has 0 aromatic heterocycles. The topological polar surface area (TPSA) is 20.2 Å². The zero-order valence-electron chi connectivity index (χ0n) is 11.5. The van der Waals surface area contributed by atoms with Gasteiger partial charge in [-0.05, 0) is 41.0 Å². The van der Waals surface area contributed by atoms with Gasteiger partial charge in [0.15, 0.2) is 0 Å². The second-order valence-corrected chi connectivity index (χ2v) is 5.50. The third-order valence-corrected chi connectivity index (χ3v) is 4.02. The van der Waals surface area contributed by atoms with E-state index in [-0.39, 0.29) is 10.8 Å². The second-order valence-electron chi connectivity index (χ2n) is 5.09. The molecule has 1 unspecified atom stereocenters. The molecule has 21 heavy (non-hydrogen) atoms. The van der Waals surface area contributed by atoms with E-state index in [0.717, 1.165) is 16.3 Å². The maximum absolute atomic E-state index is 13.5. The fourth-order valence-electron chi connectivity index (χ4n) is 2.55. The number of fused-ring (bicyclic) bond motifs is 1. The van der Waals surface area contributed by atoms with E-state index < -0.39 is 6.10 Å². The largest absolute Gasteiger partial charge is 0.384 e. The highest BCUT2D eigenvalue weighted by molar-refractivity contribution is 6.31. The molecule has 0 bridgehead atoms. The maximum Gasteiger partial charge on any atom is 0.127 e. The predicted octanol–water partition coefficient (Wildman–Crippen LogP) is 5.02. The Balaban J connectivity index is 2.17. The molecule has 0 aliphatic heterocycles. The molecule has 1 N–H and O–H groups in total. The minimum Gasteiger partial charge on any atom is -0.384 e. The first kappa shape index (κ1) is 14.1. The van der Waals surface area contributed by atoms with Crippen molar-refractivity contribution in [1.82, 2.24) is 0 Å². The number of hydrogen-bond donors (Lipinski definition) is 1. The van der Waals surface area contributed by atoms with Crippen LogP contribution in [0.2, 0.25) is 5.02 Å². The third-order valence-electron chi connectivity index (χ3n) is 3.69. The van der Waals surface area contributed by atoms with Gasteiger partial charge in [-0.1, -0.05) is 54.1 Å². The molecule has 106 valence electrons. The molecule has 1 atom stereocenters. The summed E-state index contributed by atoms with van der Waals surface area (Å²) < 4.78 is 13.5. The van der Waals surface area contributed by atoms with Crippen LogP contribution in [-0.2, 0) is 0 Å². The van der Waals surface area contributed by atoms with Gasteiger partial charge in [-0.2, -0.15) is 0 Å². The minimum absolute atomic E-state index is 0.235. The summed E-state index contributed by atoms with van der Waals surface area (Å²) in [6.45, 7) is 1.66. The third kappa shape index (κ3) is 2.53. The molecule has 0 aliphatic carbocycles. The van der Waals surface area contributed by atoms with Gasteiger partial charge in [0.25, 0.3) is 0 Å². The van der Waals surface area contributed by atoms with Gasteiger partial charge in [0.05, 0.1) is 0 Å². The molecular weight excluding hydrogens is 287 g/mol. The Morgan fingerprint density at radius 3 is 2.52 bits per heavy atom. The molecule has 0 radical (unpaired) electrons. The van der Waals surface area contributed by atoms with E-state index in [1.54, 1.807) is 13.0 Å². The summed E-state index contributed by atoms with van der Waals surface area (Å²) in [7, 11) is 0. The summed E-state index contributed by atoms with van der Waals surface area (Å²) in [5, 5.41) is 12.9. The van der Waals surface area contributed by atoms with Crippen LogP contribution >= 0.6 is 11.6 Å². The Morgan fingerprint density at radius 2 is 1.71 bits per heavy atom. The van der Waals surface area contributed by atoms with Crippen molar-refractivity contribution in [3.8, 4) is 0 Å². The normalized spacial score (nSPS) is 12.6. The highest BCUT2D eigenvalue weighted by Gasteiger charge is 2.17.